The fourth-order valence-corrected chi connectivity index (χ4v) is 10.1. The molecule has 0 aliphatic carbocycles. The SMILES string of the molecule is CCCN1CCI(Oc2cc(NS(=O)(=O)c3cc(OC)c(OC)cc3Br)ccc2C(F)(F)F)C1. The quantitative estimate of drug-likeness (QED) is 0.206. The van der Waals surface area contributed by atoms with E-state index in [1.165, 1.54) is 26.4 Å². The molecule has 0 aromatic heterocycles. The summed E-state index contributed by atoms with van der Waals surface area (Å²) in [6, 6.07) is 5.72. The second-order valence-electron chi connectivity index (χ2n) is 7.36. The van der Waals surface area contributed by atoms with Crippen LogP contribution in [0.25, 0.3) is 0 Å². The number of sulfonamides is 1. The van der Waals surface area contributed by atoms with E-state index in [-0.39, 0.29) is 26.6 Å². The molecule has 1 aliphatic rings. The molecule has 0 radical (unpaired) electrons. The predicted octanol–water partition coefficient (Wildman–Crippen LogP) is 5.77. The Morgan fingerprint density at radius 3 is 2.41 bits per heavy atom. The van der Waals surface area contributed by atoms with Gasteiger partial charge in [0.2, 0.25) is 0 Å². The average Bonchev–Trinajstić information content (AvgIpc) is 3.19. The van der Waals surface area contributed by atoms with Crippen LogP contribution in [-0.2, 0) is 16.2 Å². The van der Waals surface area contributed by atoms with Crippen LogP contribution in [0.3, 0.4) is 0 Å². The second kappa shape index (κ2) is 11.1. The predicted molar refractivity (Wildman–Crippen MR) is 136 cm³/mol. The molecule has 0 saturated carbocycles. The summed E-state index contributed by atoms with van der Waals surface area (Å²) < 4.78 is 87.1. The van der Waals surface area contributed by atoms with Gasteiger partial charge in [-0.2, -0.15) is 0 Å². The van der Waals surface area contributed by atoms with E-state index in [2.05, 4.69) is 25.6 Å². The molecule has 13 heteroatoms. The average molecular weight is 681 g/mol. The Hall–Kier alpha value is -1.45. The summed E-state index contributed by atoms with van der Waals surface area (Å²) in [5.41, 5.74) is -0.959. The maximum absolute atomic E-state index is 13.6. The van der Waals surface area contributed by atoms with Gasteiger partial charge in [0.15, 0.2) is 0 Å². The van der Waals surface area contributed by atoms with Crippen LogP contribution in [0, 0.1) is 0 Å². The van der Waals surface area contributed by atoms with Crippen LogP contribution in [0.4, 0.5) is 18.9 Å². The summed E-state index contributed by atoms with van der Waals surface area (Å²) in [4.78, 5) is 2.04. The summed E-state index contributed by atoms with van der Waals surface area (Å²) in [5.74, 6) is 0.160. The van der Waals surface area contributed by atoms with E-state index >= 15 is 0 Å². The number of anilines is 1. The van der Waals surface area contributed by atoms with Gasteiger partial charge in [-0.15, -0.1) is 0 Å². The Balaban J connectivity index is 1.91. The molecule has 3 rings (SSSR count). The Bertz CT molecular complexity index is 1130. The molecule has 1 aliphatic heterocycles. The molecule has 0 atom stereocenters. The molecule has 0 amide bonds. The molecule has 0 spiro atoms. The van der Waals surface area contributed by atoms with E-state index in [4.69, 9.17) is 12.5 Å². The van der Waals surface area contributed by atoms with E-state index in [0.717, 1.165) is 42.1 Å². The minimum atomic E-state index is -4.63. The van der Waals surface area contributed by atoms with Gasteiger partial charge < -0.3 is 0 Å². The van der Waals surface area contributed by atoms with Gasteiger partial charge in [-0.1, -0.05) is 0 Å². The first-order valence-corrected chi connectivity index (χ1v) is 16.4. The van der Waals surface area contributed by atoms with E-state index in [1.807, 2.05) is 6.92 Å². The van der Waals surface area contributed by atoms with Gasteiger partial charge in [-0.25, -0.2) is 0 Å². The fraction of sp³-hybridized carbons (Fsp3) is 0.429. The second-order valence-corrected chi connectivity index (χ2v) is 14.4. The number of rotatable bonds is 9. The molecule has 0 unspecified atom stereocenters. The van der Waals surface area contributed by atoms with Crippen molar-refractivity contribution in [3.8, 4) is 17.2 Å². The van der Waals surface area contributed by atoms with E-state index in [0.29, 0.717) is 10.3 Å². The van der Waals surface area contributed by atoms with Gasteiger partial charge in [0.25, 0.3) is 0 Å². The van der Waals surface area contributed by atoms with Crippen molar-refractivity contribution in [1.82, 2.24) is 4.90 Å². The third kappa shape index (κ3) is 6.40. The Morgan fingerprint density at radius 1 is 1.12 bits per heavy atom. The first-order chi connectivity index (χ1) is 16.0. The van der Waals surface area contributed by atoms with Gasteiger partial charge >= 0.3 is 214 Å². The molecule has 1 heterocycles. The number of methoxy groups -OCH3 is 2. The topological polar surface area (TPSA) is 77.1 Å². The molecular weight excluding hydrogens is 656 g/mol. The summed E-state index contributed by atoms with van der Waals surface area (Å²) in [7, 11) is -1.40. The number of benzene rings is 2. The number of hydrogen-bond donors (Lipinski definition) is 1. The van der Waals surface area contributed by atoms with E-state index in [9.17, 15) is 21.6 Å². The number of hydrogen-bond acceptors (Lipinski definition) is 6. The third-order valence-electron chi connectivity index (χ3n) is 4.91. The van der Waals surface area contributed by atoms with E-state index in [1.54, 1.807) is 0 Å². The molecule has 2 aromatic carbocycles. The summed E-state index contributed by atoms with van der Waals surface area (Å²) in [6.07, 6.45) is -3.67. The van der Waals surface area contributed by atoms with Crippen molar-refractivity contribution in [2.75, 3.05) is 41.0 Å². The zero-order valence-electron chi connectivity index (χ0n) is 18.7. The van der Waals surface area contributed by atoms with Crippen molar-refractivity contribution in [3.63, 3.8) is 0 Å². The van der Waals surface area contributed by atoms with Crippen molar-refractivity contribution in [2.24, 2.45) is 0 Å². The van der Waals surface area contributed by atoms with Crippen molar-refractivity contribution in [2.45, 2.75) is 24.4 Å². The number of nitrogens with zero attached hydrogens (tertiary/aromatic N) is 1. The number of ether oxygens (including phenoxy) is 2. The molecule has 0 bridgehead atoms. The molecular formula is C21H25BrF3IN2O5S. The van der Waals surface area contributed by atoms with E-state index < -0.39 is 42.0 Å². The first-order valence-electron chi connectivity index (χ1n) is 10.2. The molecule has 2 aromatic rings. The zero-order valence-corrected chi connectivity index (χ0v) is 23.3. The van der Waals surface area contributed by atoms with Crippen LogP contribution in [-0.4, -0.2) is 49.6 Å². The normalized spacial score (nSPS) is 15.9. The maximum atomic E-state index is 13.6. The van der Waals surface area contributed by atoms with Crippen LogP contribution < -0.4 is 17.3 Å². The molecule has 1 saturated heterocycles. The molecule has 7 nitrogen and oxygen atoms in total. The third-order valence-corrected chi connectivity index (χ3v) is 11.8. The van der Waals surface area contributed by atoms with Crippen LogP contribution in [0.2, 0.25) is 0 Å². The fourth-order valence-electron chi connectivity index (χ4n) is 3.33. The van der Waals surface area contributed by atoms with Crippen molar-refractivity contribution < 1.29 is 34.1 Å². The van der Waals surface area contributed by atoms with Crippen molar-refractivity contribution in [1.29, 1.82) is 0 Å². The first kappa shape index (κ1) is 27.1. The van der Waals surface area contributed by atoms with Crippen molar-refractivity contribution >= 4 is 51.9 Å². The number of halogens is 5. The Morgan fingerprint density at radius 2 is 1.79 bits per heavy atom. The Kier molecular flexibility index (Phi) is 8.85. The standard InChI is InChI=1S/C21H25BrF3IN2O5S/c1-4-8-28-9-7-26(13-28)33-17-10-14(5-6-15(17)21(23,24)25)27-34(29,30)20-12-19(32-3)18(31-2)11-16(20)22/h5-6,10-12,27H,4,7-9,13H2,1-3H3. The Labute approximate surface area is 213 Å². The minimum absolute atomic E-state index is 0.0369. The van der Waals surface area contributed by atoms with Crippen LogP contribution >= 0.6 is 36.2 Å². The van der Waals surface area contributed by atoms with Crippen LogP contribution in [0.15, 0.2) is 39.7 Å². The van der Waals surface area contributed by atoms with Crippen molar-refractivity contribution in [3.05, 3.63) is 40.4 Å². The monoisotopic (exact) mass is 680 g/mol. The summed E-state index contributed by atoms with van der Waals surface area (Å²) >= 11 is 1.06. The zero-order chi connectivity index (χ0) is 25.1. The number of nitrogens with one attached hydrogen (secondary N) is 1. The van der Waals surface area contributed by atoms with Gasteiger partial charge in [-0.05, 0) is 0 Å². The summed E-state index contributed by atoms with van der Waals surface area (Å²) in [6.45, 7) is 3.73. The van der Waals surface area contributed by atoms with Crippen LogP contribution in [0.5, 0.6) is 17.2 Å². The molecule has 1 fully saturated rings. The van der Waals surface area contributed by atoms with Gasteiger partial charge in [0, 0.05) is 0 Å². The summed E-state index contributed by atoms with van der Waals surface area (Å²) in [5, 5.41) is 0. The van der Waals surface area contributed by atoms with Gasteiger partial charge in [-0.3, -0.25) is 0 Å². The molecule has 1 N–H and O–H groups in total. The molecule has 34 heavy (non-hydrogen) atoms. The molecule has 190 valence electrons. The van der Waals surface area contributed by atoms with Gasteiger partial charge in [0.1, 0.15) is 0 Å². The number of alkyl halides is 5. The van der Waals surface area contributed by atoms with Crippen LogP contribution in [0.1, 0.15) is 18.9 Å². The van der Waals surface area contributed by atoms with Gasteiger partial charge in [0.05, 0.1) is 0 Å².